The maximum Gasteiger partial charge on any atom is 0.224 e. The Hall–Kier alpha value is -2.14. The van der Waals surface area contributed by atoms with Crippen LogP contribution in [0.5, 0.6) is 0 Å². The van der Waals surface area contributed by atoms with Crippen molar-refractivity contribution < 1.29 is 9.53 Å². The predicted octanol–water partition coefficient (Wildman–Crippen LogP) is 2.43. The number of aromatic nitrogens is 2. The molecule has 0 bridgehead atoms. The van der Waals surface area contributed by atoms with E-state index in [4.69, 9.17) is 9.73 Å². The van der Waals surface area contributed by atoms with Crippen molar-refractivity contribution in [1.82, 2.24) is 24.9 Å². The van der Waals surface area contributed by atoms with E-state index in [0.29, 0.717) is 32.7 Å². The molecule has 1 fully saturated rings. The second kappa shape index (κ2) is 12.7. The Morgan fingerprint density at radius 3 is 2.81 bits per heavy atom. The van der Waals surface area contributed by atoms with Gasteiger partial charge < -0.3 is 19.9 Å². The molecule has 1 atom stereocenters. The highest BCUT2D eigenvalue weighted by Crippen LogP contribution is 2.21. The topological polar surface area (TPSA) is 75.0 Å². The Morgan fingerprint density at radius 2 is 2.13 bits per heavy atom. The molecular weight excluding hydrogens is 507 g/mol. The number of hydrogen-bond acceptors (Lipinski definition) is 4. The number of nitrogens with zero attached hydrogens (tertiary/aromatic N) is 5. The molecule has 1 aromatic carbocycles. The molecular formula is C22H33IN6O2. The molecule has 1 aliphatic heterocycles. The van der Waals surface area contributed by atoms with E-state index in [1.807, 2.05) is 63.7 Å². The van der Waals surface area contributed by atoms with Crippen molar-refractivity contribution in [2.24, 2.45) is 12.0 Å². The van der Waals surface area contributed by atoms with Crippen molar-refractivity contribution in [3.05, 3.63) is 53.9 Å². The van der Waals surface area contributed by atoms with E-state index in [1.165, 1.54) is 0 Å². The van der Waals surface area contributed by atoms with Crippen LogP contribution >= 0.6 is 24.0 Å². The first kappa shape index (κ1) is 25.1. The molecule has 1 N–H and O–H groups in total. The van der Waals surface area contributed by atoms with Gasteiger partial charge in [-0.25, -0.2) is 0 Å². The molecule has 0 spiro atoms. The Balaban J connectivity index is 0.00000341. The molecule has 1 aromatic heterocycles. The lowest BCUT2D eigenvalue weighted by molar-refractivity contribution is -0.130. The lowest BCUT2D eigenvalue weighted by Gasteiger charge is -2.34. The number of amides is 1. The zero-order valence-electron chi connectivity index (χ0n) is 18.5. The van der Waals surface area contributed by atoms with Crippen LogP contribution in [0.4, 0.5) is 0 Å². The number of morpholine rings is 1. The van der Waals surface area contributed by atoms with E-state index < -0.39 is 0 Å². The van der Waals surface area contributed by atoms with Crippen LogP contribution in [0, 0.1) is 0 Å². The molecule has 1 saturated heterocycles. The van der Waals surface area contributed by atoms with Crippen molar-refractivity contribution in [2.75, 3.05) is 39.8 Å². The summed E-state index contributed by atoms with van der Waals surface area (Å²) in [4.78, 5) is 21.2. The number of nitrogens with one attached hydrogen (secondary N) is 1. The maximum atomic E-state index is 12.5. The first-order valence-corrected chi connectivity index (χ1v) is 10.5. The second-order valence-corrected chi connectivity index (χ2v) is 7.47. The van der Waals surface area contributed by atoms with Gasteiger partial charge in [0.25, 0.3) is 0 Å². The quantitative estimate of drug-likeness (QED) is 0.332. The Bertz CT molecular complexity index is 842. The summed E-state index contributed by atoms with van der Waals surface area (Å²) >= 11 is 0. The van der Waals surface area contributed by atoms with Crippen molar-refractivity contribution in [1.29, 1.82) is 0 Å². The Kier molecular flexibility index (Phi) is 10.3. The van der Waals surface area contributed by atoms with Crippen LogP contribution in [0.3, 0.4) is 0 Å². The van der Waals surface area contributed by atoms with Gasteiger partial charge in [-0.3, -0.25) is 14.5 Å². The summed E-state index contributed by atoms with van der Waals surface area (Å²) in [6.07, 6.45) is 4.18. The molecule has 2 heterocycles. The van der Waals surface area contributed by atoms with E-state index in [2.05, 4.69) is 15.3 Å². The number of rotatable bonds is 7. The number of hydrogen-bond donors (Lipinski definition) is 1. The first-order valence-electron chi connectivity index (χ1n) is 10.5. The van der Waals surface area contributed by atoms with E-state index in [0.717, 1.165) is 30.2 Å². The van der Waals surface area contributed by atoms with Gasteiger partial charge >= 0.3 is 0 Å². The second-order valence-electron chi connectivity index (χ2n) is 7.47. The zero-order chi connectivity index (χ0) is 21.3. The van der Waals surface area contributed by atoms with Crippen molar-refractivity contribution in [3.63, 3.8) is 0 Å². The van der Waals surface area contributed by atoms with Gasteiger partial charge in [0.05, 0.1) is 25.9 Å². The van der Waals surface area contributed by atoms with Gasteiger partial charge in [-0.05, 0) is 12.5 Å². The Morgan fingerprint density at radius 1 is 1.35 bits per heavy atom. The van der Waals surface area contributed by atoms with Gasteiger partial charge in [-0.1, -0.05) is 30.3 Å². The van der Waals surface area contributed by atoms with Gasteiger partial charge in [0.2, 0.25) is 5.91 Å². The average Bonchev–Trinajstić information content (AvgIpc) is 3.20. The third kappa shape index (κ3) is 7.49. The minimum atomic E-state index is -0.0325. The number of carbonyl (C=O) groups is 1. The fraction of sp³-hybridized carbons (Fsp3) is 0.500. The molecule has 2 aromatic rings. The van der Waals surface area contributed by atoms with Gasteiger partial charge in [-0.2, -0.15) is 5.10 Å². The lowest BCUT2D eigenvalue weighted by atomic mass is 10.1. The summed E-state index contributed by atoms with van der Waals surface area (Å²) in [5.74, 6) is 0.918. The highest BCUT2D eigenvalue weighted by atomic mass is 127. The molecule has 170 valence electrons. The van der Waals surface area contributed by atoms with Crippen molar-refractivity contribution in [2.45, 2.75) is 26.0 Å². The third-order valence-electron chi connectivity index (χ3n) is 5.07. The normalized spacial score (nSPS) is 16.5. The zero-order valence-corrected chi connectivity index (χ0v) is 20.9. The largest absolute Gasteiger partial charge is 0.370 e. The molecule has 9 heteroatoms. The molecule has 1 amide bonds. The minimum absolute atomic E-state index is 0. The summed E-state index contributed by atoms with van der Waals surface area (Å²) in [5, 5.41) is 7.59. The number of aryl methyl sites for hydroxylation is 1. The van der Waals surface area contributed by atoms with Crippen molar-refractivity contribution >= 4 is 35.8 Å². The number of guanidine groups is 1. The summed E-state index contributed by atoms with van der Waals surface area (Å²) in [5.41, 5.74) is 2.19. The van der Waals surface area contributed by atoms with Crippen LogP contribution < -0.4 is 5.32 Å². The molecule has 1 aliphatic rings. The fourth-order valence-electron chi connectivity index (χ4n) is 3.47. The standard InChI is InChI=1S/C22H32N6O2.HI/c1-4-23-22(28-12-13-30-20(17-28)19-14-25-27(3)16-19)24-11-10-21(29)26(2)15-18-8-6-5-7-9-18;/h5-9,14,16,20H,4,10-13,15,17H2,1-3H3,(H,23,24);1H. The van der Waals surface area contributed by atoms with E-state index >= 15 is 0 Å². The summed E-state index contributed by atoms with van der Waals surface area (Å²) in [6, 6.07) is 10.0. The average molecular weight is 540 g/mol. The number of ether oxygens (including phenoxy) is 1. The van der Waals surface area contributed by atoms with E-state index in [-0.39, 0.29) is 36.0 Å². The summed E-state index contributed by atoms with van der Waals surface area (Å²) in [7, 11) is 3.74. The van der Waals surface area contributed by atoms with Gasteiger partial charge in [-0.15, -0.1) is 24.0 Å². The molecule has 0 aliphatic carbocycles. The summed E-state index contributed by atoms with van der Waals surface area (Å²) < 4.78 is 7.71. The fourth-order valence-corrected chi connectivity index (χ4v) is 3.47. The van der Waals surface area contributed by atoms with Gasteiger partial charge in [0.1, 0.15) is 6.10 Å². The smallest absolute Gasteiger partial charge is 0.224 e. The summed E-state index contributed by atoms with van der Waals surface area (Å²) in [6.45, 7) is 5.99. The number of halogens is 1. The highest BCUT2D eigenvalue weighted by Gasteiger charge is 2.25. The SMILES string of the molecule is CCNC(=NCCC(=O)N(C)Cc1ccccc1)N1CCOC(c2cnn(C)c2)C1.I. The van der Waals surface area contributed by atoms with Crippen LogP contribution in [0.1, 0.15) is 30.6 Å². The maximum absolute atomic E-state index is 12.5. The van der Waals surface area contributed by atoms with Crippen molar-refractivity contribution in [3.8, 4) is 0 Å². The van der Waals surface area contributed by atoms with Crippen LogP contribution in [-0.4, -0.2) is 71.3 Å². The van der Waals surface area contributed by atoms with Crippen LogP contribution in [0.25, 0.3) is 0 Å². The van der Waals surface area contributed by atoms with Gasteiger partial charge in [0, 0.05) is 51.9 Å². The predicted molar refractivity (Wildman–Crippen MR) is 132 cm³/mol. The molecule has 1 unspecified atom stereocenters. The van der Waals surface area contributed by atoms with E-state index in [9.17, 15) is 4.79 Å². The van der Waals surface area contributed by atoms with Crippen LogP contribution in [0.2, 0.25) is 0 Å². The van der Waals surface area contributed by atoms with Crippen LogP contribution in [-0.2, 0) is 23.1 Å². The monoisotopic (exact) mass is 540 g/mol. The third-order valence-corrected chi connectivity index (χ3v) is 5.07. The first-order chi connectivity index (χ1) is 14.6. The molecule has 0 saturated carbocycles. The van der Waals surface area contributed by atoms with Crippen LogP contribution in [0.15, 0.2) is 47.7 Å². The molecule has 3 rings (SSSR count). The highest BCUT2D eigenvalue weighted by molar-refractivity contribution is 14.0. The molecule has 8 nitrogen and oxygen atoms in total. The molecule has 0 radical (unpaired) electrons. The lowest BCUT2D eigenvalue weighted by Crippen LogP contribution is -2.48. The Labute approximate surface area is 201 Å². The number of aliphatic imine (C=N–C) groups is 1. The number of benzene rings is 1. The number of carbonyl (C=O) groups excluding carboxylic acids is 1. The minimum Gasteiger partial charge on any atom is -0.370 e. The van der Waals surface area contributed by atoms with E-state index in [1.54, 1.807) is 9.58 Å². The van der Waals surface area contributed by atoms with Gasteiger partial charge in [0.15, 0.2) is 5.96 Å². The molecule has 31 heavy (non-hydrogen) atoms.